The molecule has 1 aliphatic rings. The van der Waals surface area contributed by atoms with E-state index in [2.05, 4.69) is 31.2 Å². The zero-order valence-corrected chi connectivity index (χ0v) is 14.4. The van der Waals surface area contributed by atoms with Crippen molar-refractivity contribution in [1.82, 2.24) is 15.1 Å². The SMILES string of the molecule is Cn1nc(C(C)(C)C)cc1C(=O)NC(CN)C1CCCCC1. The number of hydrogen-bond donors (Lipinski definition) is 2. The summed E-state index contributed by atoms with van der Waals surface area (Å²) in [6.07, 6.45) is 6.13. The maximum atomic E-state index is 12.6. The number of hydrogen-bond acceptors (Lipinski definition) is 3. The van der Waals surface area contributed by atoms with Crippen molar-refractivity contribution in [1.29, 1.82) is 0 Å². The fraction of sp³-hybridized carbons (Fsp3) is 0.765. The third-order valence-corrected chi connectivity index (χ3v) is 4.67. The monoisotopic (exact) mass is 306 g/mol. The van der Waals surface area contributed by atoms with Crippen molar-refractivity contribution in [3.8, 4) is 0 Å². The standard InChI is InChI=1S/C17H30N4O/c1-17(2,3)15-10-14(21(4)20-15)16(22)19-13(11-18)12-8-6-5-7-9-12/h10,12-13H,5-9,11,18H2,1-4H3,(H,19,22). The summed E-state index contributed by atoms with van der Waals surface area (Å²) in [4.78, 5) is 12.6. The predicted molar refractivity (Wildman–Crippen MR) is 88.8 cm³/mol. The van der Waals surface area contributed by atoms with Crippen molar-refractivity contribution in [2.45, 2.75) is 64.3 Å². The van der Waals surface area contributed by atoms with Crippen molar-refractivity contribution in [3.63, 3.8) is 0 Å². The average molecular weight is 306 g/mol. The highest BCUT2D eigenvalue weighted by molar-refractivity contribution is 5.93. The minimum absolute atomic E-state index is 0.0626. The van der Waals surface area contributed by atoms with Crippen LogP contribution in [0, 0.1) is 5.92 Å². The molecular weight excluding hydrogens is 276 g/mol. The third kappa shape index (κ3) is 3.88. The Bertz CT molecular complexity index is 509. The summed E-state index contributed by atoms with van der Waals surface area (Å²) in [7, 11) is 1.82. The summed E-state index contributed by atoms with van der Waals surface area (Å²) in [5.74, 6) is 0.449. The second-order valence-corrected chi connectivity index (χ2v) is 7.50. The Balaban J connectivity index is 2.09. The van der Waals surface area contributed by atoms with Gasteiger partial charge >= 0.3 is 0 Å². The molecule has 22 heavy (non-hydrogen) atoms. The van der Waals surface area contributed by atoms with E-state index in [1.807, 2.05) is 13.1 Å². The fourth-order valence-electron chi connectivity index (χ4n) is 3.19. The molecule has 1 aromatic heterocycles. The van der Waals surface area contributed by atoms with Crippen molar-refractivity contribution in [2.75, 3.05) is 6.54 Å². The molecule has 1 unspecified atom stereocenters. The number of carbonyl (C=O) groups excluding carboxylic acids is 1. The molecule has 1 heterocycles. The lowest BCUT2D eigenvalue weighted by Gasteiger charge is -2.30. The summed E-state index contributed by atoms with van der Waals surface area (Å²) in [6.45, 7) is 6.80. The van der Waals surface area contributed by atoms with Crippen LogP contribution in [0.25, 0.3) is 0 Å². The second kappa shape index (κ2) is 6.82. The van der Waals surface area contributed by atoms with E-state index in [-0.39, 0.29) is 17.4 Å². The summed E-state index contributed by atoms with van der Waals surface area (Å²) < 4.78 is 1.67. The van der Waals surface area contributed by atoms with Crippen LogP contribution in [0.4, 0.5) is 0 Å². The van der Waals surface area contributed by atoms with Gasteiger partial charge in [-0.3, -0.25) is 9.48 Å². The molecule has 0 aromatic carbocycles. The van der Waals surface area contributed by atoms with Crippen LogP contribution in [0.1, 0.15) is 69.1 Å². The van der Waals surface area contributed by atoms with E-state index in [4.69, 9.17) is 5.73 Å². The molecule has 0 aliphatic heterocycles. The van der Waals surface area contributed by atoms with E-state index in [9.17, 15) is 4.79 Å². The highest BCUT2D eigenvalue weighted by atomic mass is 16.2. The van der Waals surface area contributed by atoms with Gasteiger partial charge in [-0.15, -0.1) is 0 Å². The van der Waals surface area contributed by atoms with Gasteiger partial charge in [-0.25, -0.2) is 0 Å². The van der Waals surface area contributed by atoms with Gasteiger partial charge in [0.1, 0.15) is 5.69 Å². The Morgan fingerprint density at radius 2 is 2.05 bits per heavy atom. The van der Waals surface area contributed by atoms with Crippen LogP contribution in [0.3, 0.4) is 0 Å². The quantitative estimate of drug-likeness (QED) is 0.897. The second-order valence-electron chi connectivity index (χ2n) is 7.50. The number of carbonyl (C=O) groups is 1. The Morgan fingerprint density at radius 3 is 2.55 bits per heavy atom. The van der Waals surface area contributed by atoms with Crippen LogP contribution in [0.5, 0.6) is 0 Å². The fourth-order valence-corrected chi connectivity index (χ4v) is 3.19. The first kappa shape index (κ1) is 17.0. The number of rotatable bonds is 4. The van der Waals surface area contributed by atoms with Crippen molar-refractivity contribution >= 4 is 5.91 Å². The van der Waals surface area contributed by atoms with Gasteiger partial charge < -0.3 is 11.1 Å². The first-order valence-electron chi connectivity index (χ1n) is 8.38. The first-order valence-corrected chi connectivity index (χ1v) is 8.38. The number of amides is 1. The molecular formula is C17H30N4O. The van der Waals surface area contributed by atoms with Crippen LogP contribution >= 0.6 is 0 Å². The average Bonchev–Trinajstić information content (AvgIpc) is 2.87. The molecule has 1 saturated carbocycles. The molecule has 1 amide bonds. The number of nitrogens with two attached hydrogens (primary N) is 1. The predicted octanol–water partition coefficient (Wildman–Crippen LogP) is 2.35. The van der Waals surface area contributed by atoms with Crippen molar-refractivity contribution < 1.29 is 4.79 Å². The Labute approximate surface area is 133 Å². The molecule has 0 spiro atoms. The lowest BCUT2D eigenvalue weighted by Crippen LogP contribution is -2.46. The smallest absolute Gasteiger partial charge is 0.269 e. The first-order chi connectivity index (χ1) is 10.3. The highest BCUT2D eigenvalue weighted by Crippen LogP contribution is 2.26. The number of aromatic nitrogens is 2. The van der Waals surface area contributed by atoms with Crippen LogP contribution in [0.15, 0.2) is 6.07 Å². The van der Waals surface area contributed by atoms with Crippen molar-refractivity contribution in [3.05, 3.63) is 17.5 Å². The molecule has 3 N–H and O–H groups in total. The van der Waals surface area contributed by atoms with E-state index in [0.717, 1.165) is 5.69 Å². The molecule has 124 valence electrons. The molecule has 2 rings (SSSR count). The lowest BCUT2D eigenvalue weighted by molar-refractivity contribution is 0.0906. The zero-order chi connectivity index (χ0) is 16.3. The number of nitrogens with zero attached hydrogens (tertiary/aromatic N) is 2. The summed E-state index contributed by atoms with van der Waals surface area (Å²) in [5.41, 5.74) is 7.39. The molecule has 1 atom stereocenters. The largest absolute Gasteiger partial charge is 0.346 e. The summed E-state index contributed by atoms with van der Waals surface area (Å²) in [6, 6.07) is 1.96. The van der Waals surface area contributed by atoms with E-state index >= 15 is 0 Å². The third-order valence-electron chi connectivity index (χ3n) is 4.67. The maximum absolute atomic E-state index is 12.6. The van der Waals surface area contributed by atoms with E-state index in [1.54, 1.807) is 4.68 Å². The Morgan fingerprint density at radius 1 is 1.41 bits per heavy atom. The molecule has 0 bridgehead atoms. The van der Waals surface area contributed by atoms with Gasteiger partial charge in [-0.05, 0) is 24.8 Å². The minimum Gasteiger partial charge on any atom is -0.346 e. The highest BCUT2D eigenvalue weighted by Gasteiger charge is 2.26. The summed E-state index contributed by atoms with van der Waals surface area (Å²) >= 11 is 0. The van der Waals surface area contributed by atoms with Gasteiger partial charge in [-0.1, -0.05) is 40.0 Å². The van der Waals surface area contributed by atoms with Crippen LogP contribution in [-0.4, -0.2) is 28.3 Å². The number of nitrogens with one attached hydrogen (secondary N) is 1. The normalized spacial score (nSPS) is 18.2. The van der Waals surface area contributed by atoms with Gasteiger partial charge in [0.25, 0.3) is 5.91 Å². The molecule has 5 nitrogen and oxygen atoms in total. The molecule has 0 saturated heterocycles. The Kier molecular flexibility index (Phi) is 5.27. The van der Waals surface area contributed by atoms with Gasteiger partial charge in [-0.2, -0.15) is 5.10 Å². The van der Waals surface area contributed by atoms with Crippen LogP contribution in [0.2, 0.25) is 0 Å². The molecule has 1 fully saturated rings. The number of aryl methyl sites for hydroxylation is 1. The van der Waals surface area contributed by atoms with Gasteiger partial charge in [0, 0.05) is 25.0 Å². The minimum atomic E-state index is -0.0634. The Hall–Kier alpha value is -1.36. The lowest BCUT2D eigenvalue weighted by atomic mass is 9.84. The van der Waals surface area contributed by atoms with E-state index < -0.39 is 0 Å². The topological polar surface area (TPSA) is 72.9 Å². The maximum Gasteiger partial charge on any atom is 0.269 e. The molecule has 5 heteroatoms. The molecule has 1 aliphatic carbocycles. The van der Waals surface area contributed by atoms with E-state index in [1.165, 1.54) is 32.1 Å². The molecule has 1 aromatic rings. The van der Waals surface area contributed by atoms with Crippen LogP contribution in [-0.2, 0) is 12.5 Å². The van der Waals surface area contributed by atoms with Gasteiger partial charge in [0.2, 0.25) is 0 Å². The summed E-state index contributed by atoms with van der Waals surface area (Å²) in [5, 5.41) is 7.61. The van der Waals surface area contributed by atoms with E-state index in [0.29, 0.717) is 18.2 Å². The van der Waals surface area contributed by atoms with Crippen molar-refractivity contribution in [2.24, 2.45) is 18.7 Å². The molecule has 0 radical (unpaired) electrons. The van der Waals surface area contributed by atoms with Gasteiger partial charge in [0.15, 0.2) is 0 Å². The van der Waals surface area contributed by atoms with Crippen LogP contribution < -0.4 is 11.1 Å². The zero-order valence-electron chi connectivity index (χ0n) is 14.4. The van der Waals surface area contributed by atoms with Gasteiger partial charge in [0.05, 0.1) is 5.69 Å².